The van der Waals surface area contributed by atoms with E-state index in [0.29, 0.717) is 5.56 Å². The van der Waals surface area contributed by atoms with Crippen molar-refractivity contribution < 1.29 is 14.0 Å². The summed E-state index contributed by atoms with van der Waals surface area (Å²) in [6.45, 7) is 0.0635. The van der Waals surface area contributed by atoms with Crippen molar-refractivity contribution >= 4 is 22.6 Å². The first-order valence-corrected chi connectivity index (χ1v) is 8.76. The number of benzene rings is 2. The van der Waals surface area contributed by atoms with Gasteiger partial charge in [-0.05, 0) is 35.0 Å². The molecule has 2 atom stereocenters. The molecule has 6 heteroatoms. The first-order valence-electron chi connectivity index (χ1n) is 8.76. The van der Waals surface area contributed by atoms with E-state index in [4.69, 9.17) is 0 Å². The summed E-state index contributed by atoms with van der Waals surface area (Å²) in [7, 11) is 0. The molecule has 5 nitrogen and oxygen atoms in total. The van der Waals surface area contributed by atoms with E-state index in [0.717, 1.165) is 10.8 Å². The van der Waals surface area contributed by atoms with Crippen LogP contribution in [0.15, 0.2) is 66.9 Å². The fourth-order valence-corrected chi connectivity index (χ4v) is 3.30. The van der Waals surface area contributed by atoms with Crippen LogP contribution in [0.3, 0.4) is 0 Å². The molecule has 0 unspecified atom stereocenters. The van der Waals surface area contributed by atoms with Crippen LogP contribution in [0.2, 0.25) is 0 Å². The second-order valence-electron chi connectivity index (χ2n) is 6.58. The molecule has 0 spiro atoms. The van der Waals surface area contributed by atoms with Crippen LogP contribution in [0.25, 0.3) is 10.8 Å². The highest BCUT2D eigenvalue weighted by molar-refractivity contribution is 5.99. The van der Waals surface area contributed by atoms with Gasteiger partial charge in [0.1, 0.15) is 11.9 Å². The van der Waals surface area contributed by atoms with Crippen molar-refractivity contribution in [2.75, 3.05) is 13.1 Å². The van der Waals surface area contributed by atoms with Gasteiger partial charge in [-0.3, -0.25) is 14.6 Å². The number of halogens is 1. The number of amides is 2. The molecule has 1 aliphatic rings. The molecular formula is C21H18FN3O2. The van der Waals surface area contributed by atoms with Gasteiger partial charge in [-0.1, -0.05) is 36.4 Å². The van der Waals surface area contributed by atoms with Crippen LogP contribution in [0.5, 0.6) is 0 Å². The van der Waals surface area contributed by atoms with E-state index in [1.165, 1.54) is 11.1 Å². The summed E-state index contributed by atoms with van der Waals surface area (Å²) in [5.74, 6) is -0.679. The summed E-state index contributed by atoms with van der Waals surface area (Å²) in [5, 5.41) is 4.70. The van der Waals surface area contributed by atoms with Crippen molar-refractivity contribution in [1.82, 2.24) is 15.2 Å². The van der Waals surface area contributed by atoms with E-state index in [9.17, 15) is 14.0 Å². The molecule has 4 rings (SSSR count). The van der Waals surface area contributed by atoms with E-state index in [-0.39, 0.29) is 30.6 Å². The van der Waals surface area contributed by atoms with Gasteiger partial charge in [0.25, 0.3) is 11.8 Å². The number of carbonyl (C=O) groups is 2. The van der Waals surface area contributed by atoms with E-state index < -0.39 is 12.2 Å². The van der Waals surface area contributed by atoms with Crippen LogP contribution in [0.1, 0.15) is 20.8 Å². The molecule has 3 aromatic rings. The van der Waals surface area contributed by atoms with Crippen molar-refractivity contribution in [3.8, 4) is 0 Å². The maximum atomic E-state index is 14.4. The number of likely N-dealkylation sites (tertiary alicyclic amines) is 1. The number of nitrogens with zero attached hydrogens (tertiary/aromatic N) is 2. The summed E-state index contributed by atoms with van der Waals surface area (Å²) in [6.07, 6.45) is 0.206. The second-order valence-corrected chi connectivity index (χ2v) is 6.58. The molecule has 0 saturated carbocycles. The SMILES string of the molecule is O=C(N[C@H]1CN(C(=O)c2ccccn2)C[C@H]1F)c1ccc2ccccc2c1. The second kappa shape index (κ2) is 7.15. The standard InChI is InChI=1S/C21H18FN3O2/c22-17-12-25(21(27)18-7-3-4-10-23-18)13-19(17)24-20(26)16-9-8-14-5-1-2-6-15(14)11-16/h1-11,17,19H,12-13H2,(H,24,26)/t17-,19+/m1/s1. The zero-order chi connectivity index (χ0) is 18.8. The van der Waals surface area contributed by atoms with E-state index in [2.05, 4.69) is 10.3 Å². The molecule has 2 aromatic carbocycles. The average molecular weight is 363 g/mol. The summed E-state index contributed by atoms with van der Waals surface area (Å²) in [5.41, 5.74) is 0.738. The zero-order valence-electron chi connectivity index (χ0n) is 14.5. The Morgan fingerprint density at radius 1 is 1.00 bits per heavy atom. The highest BCUT2D eigenvalue weighted by atomic mass is 19.1. The number of hydrogen-bond acceptors (Lipinski definition) is 3. The summed E-state index contributed by atoms with van der Waals surface area (Å²) in [6, 6.07) is 17.4. The van der Waals surface area contributed by atoms with Gasteiger partial charge < -0.3 is 10.2 Å². The third-order valence-corrected chi connectivity index (χ3v) is 4.75. The van der Waals surface area contributed by atoms with Gasteiger partial charge in [0.05, 0.1) is 12.6 Å². The highest BCUT2D eigenvalue weighted by Gasteiger charge is 2.37. The Morgan fingerprint density at radius 2 is 1.78 bits per heavy atom. The predicted octanol–water partition coefficient (Wildman–Crippen LogP) is 2.83. The van der Waals surface area contributed by atoms with Crippen LogP contribution in [0.4, 0.5) is 4.39 Å². The molecular weight excluding hydrogens is 345 g/mol. The molecule has 2 heterocycles. The van der Waals surface area contributed by atoms with Gasteiger partial charge >= 0.3 is 0 Å². The van der Waals surface area contributed by atoms with Gasteiger partial charge in [-0.15, -0.1) is 0 Å². The summed E-state index contributed by atoms with van der Waals surface area (Å²) < 4.78 is 14.4. The molecule has 0 aliphatic carbocycles. The van der Waals surface area contributed by atoms with Crippen LogP contribution in [0, 0.1) is 0 Å². The molecule has 136 valence electrons. The lowest BCUT2D eigenvalue weighted by molar-refractivity contribution is 0.0773. The van der Waals surface area contributed by atoms with Gasteiger partial charge in [0, 0.05) is 18.3 Å². The van der Waals surface area contributed by atoms with E-state index in [1.54, 1.807) is 30.3 Å². The first-order chi connectivity index (χ1) is 13.1. The number of alkyl halides is 1. The molecule has 1 aromatic heterocycles. The third kappa shape index (κ3) is 3.51. The number of aromatic nitrogens is 1. The Kier molecular flexibility index (Phi) is 4.54. The van der Waals surface area contributed by atoms with E-state index >= 15 is 0 Å². The Morgan fingerprint density at radius 3 is 2.56 bits per heavy atom. The van der Waals surface area contributed by atoms with Gasteiger partial charge in [0.2, 0.25) is 0 Å². The van der Waals surface area contributed by atoms with Crippen LogP contribution >= 0.6 is 0 Å². The minimum atomic E-state index is -1.32. The van der Waals surface area contributed by atoms with Crippen LogP contribution < -0.4 is 5.32 Å². The number of rotatable bonds is 3. The average Bonchev–Trinajstić information content (AvgIpc) is 3.08. The molecule has 0 radical (unpaired) electrons. The third-order valence-electron chi connectivity index (χ3n) is 4.75. The smallest absolute Gasteiger partial charge is 0.272 e. The fraction of sp³-hybridized carbons (Fsp3) is 0.190. The normalized spacial score (nSPS) is 19.2. The summed E-state index contributed by atoms with van der Waals surface area (Å²) in [4.78, 5) is 30.4. The number of fused-ring (bicyclic) bond motifs is 1. The van der Waals surface area contributed by atoms with Gasteiger partial charge in [0.15, 0.2) is 0 Å². The molecule has 27 heavy (non-hydrogen) atoms. The van der Waals surface area contributed by atoms with Gasteiger partial charge in [-0.2, -0.15) is 0 Å². The topological polar surface area (TPSA) is 62.3 Å². The number of carbonyl (C=O) groups excluding carboxylic acids is 2. The lowest BCUT2D eigenvalue weighted by Gasteiger charge is -2.16. The maximum Gasteiger partial charge on any atom is 0.272 e. The molecule has 1 N–H and O–H groups in total. The molecule has 2 amide bonds. The molecule has 1 aliphatic heterocycles. The Balaban J connectivity index is 1.45. The maximum absolute atomic E-state index is 14.4. The van der Waals surface area contributed by atoms with Gasteiger partial charge in [-0.25, -0.2) is 4.39 Å². The fourth-order valence-electron chi connectivity index (χ4n) is 3.30. The zero-order valence-corrected chi connectivity index (χ0v) is 14.5. The predicted molar refractivity (Wildman–Crippen MR) is 100 cm³/mol. The first kappa shape index (κ1) is 17.1. The van der Waals surface area contributed by atoms with Crippen molar-refractivity contribution in [2.45, 2.75) is 12.2 Å². The summed E-state index contributed by atoms with van der Waals surface area (Å²) >= 11 is 0. The van der Waals surface area contributed by atoms with Crippen LogP contribution in [-0.2, 0) is 0 Å². The largest absolute Gasteiger partial charge is 0.345 e. The Bertz CT molecular complexity index is 993. The monoisotopic (exact) mass is 363 g/mol. The number of hydrogen-bond donors (Lipinski definition) is 1. The minimum Gasteiger partial charge on any atom is -0.345 e. The minimum absolute atomic E-state index is 0.0575. The van der Waals surface area contributed by atoms with E-state index in [1.807, 2.05) is 30.3 Å². The Hall–Kier alpha value is -3.28. The van der Waals surface area contributed by atoms with Crippen LogP contribution in [-0.4, -0.2) is 47.0 Å². The quantitative estimate of drug-likeness (QED) is 0.778. The molecule has 0 bridgehead atoms. The van der Waals surface area contributed by atoms with Crippen molar-refractivity contribution in [3.05, 3.63) is 78.1 Å². The van der Waals surface area contributed by atoms with Crippen molar-refractivity contribution in [3.63, 3.8) is 0 Å². The lowest BCUT2D eigenvalue weighted by Crippen LogP contribution is -2.41. The van der Waals surface area contributed by atoms with Crippen molar-refractivity contribution in [2.24, 2.45) is 0 Å². The number of pyridine rings is 1. The molecule has 1 fully saturated rings. The van der Waals surface area contributed by atoms with Crippen molar-refractivity contribution in [1.29, 1.82) is 0 Å². The lowest BCUT2D eigenvalue weighted by atomic mass is 10.1. The number of nitrogens with one attached hydrogen (secondary N) is 1. The Labute approximate surface area is 155 Å². The molecule has 1 saturated heterocycles. The highest BCUT2D eigenvalue weighted by Crippen LogP contribution is 2.19.